The Morgan fingerprint density at radius 1 is 1.14 bits per heavy atom. The van der Waals surface area contributed by atoms with Crippen LogP contribution in [0.2, 0.25) is 0 Å². The number of fused-ring (bicyclic) bond motifs is 1. The molecular weight excluding hydrogens is 284 g/mol. The molecule has 4 nitrogen and oxygen atoms in total. The smallest absolute Gasteiger partial charge is 0.241 e. The first-order chi connectivity index (χ1) is 9.99. The first-order valence-electron chi connectivity index (χ1n) is 7.89. The lowest BCUT2D eigenvalue weighted by atomic mass is 9.84. The van der Waals surface area contributed by atoms with Gasteiger partial charge in [0.2, 0.25) is 10.0 Å². The van der Waals surface area contributed by atoms with Gasteiger partial charge in [0.25, 0.3) is 0 Å². The summed E-state index contributed by atoms with van der Waals surface area (Å²) >= 11 is 0. The number of aryl methyl sites for hydroxylation is 1. The van der Waals surface area contributed by atoms with Gasteiger partial charge >= 0.3 is 0 Å². The van der Waals surface area contributed by atoms with Crippen molar-refractivity contribution in [1.82, 2.24) is 4.72 Å². The summed E-state index contributed by atoms with van der Waals surface area (Å²) in [5, 5.41) is 3.30. The van der Waals surface area contributed by atoms with E-state index in [4.69, 9.17) is 0 Å². The Hall–Kier alpha value is -1.07. The van der Waals surface area contributed by atoms with Crippen LogP contribution in [0.5, 0.6) is 0 Å². The fraction of sp³-hybridized carbons (Fsp3) is 0.625. The molecule has 3 rings (SSSR count). The van der Waals surface area contributed by atoms with Crippen LogP contribution in [0.25, 0.3) is 0 Å². The van der Waals surface area contributed by atoms with E-state index >= 15 is 0 Å². The van der Waals surface area contributed by atoms with Gasteiger partial charge in [-0.15, -0.1) is 0 Å². The second-order valence-electron chi connectivity index (χ2n) is 6.58. The molecule has 1 aliphatic heterocycles. The molecule has 1 fully saturated rings. The maximum Gasteiger partial charge on any atom is 0.241 e. The molecule has 116 valence electrons. The fourth-order valence-electron chi connectivity index (χ4n) is 3.42. The minimum absolute atomic E-state index is 0.291. The van der Waals surface area contributed by atoms with Gasteiger partial charge in [-0.25, -0.2) is 13.1 Å². The van der Waals surface area contributed by atoms with Gasteiger partial charge in [-0.05, 0) is 50.3 Å². The number of rotatable bonds is 3. The van der Waals surface area contributed by atoms with Gasteiger partial charge < -0.3 is 5.32 Å². The van der Waals surface area contributed by atoms with Crippen molar-refractivity contribution in [3.05, 3.63) is 23.8 Å². The zero-order valence-electron chi connectivity index (χ0n) is 12.6. The van der Waals surface area contributed by atoms with Crippen molar-refractivity contribution in [3.63, 3.8) is 0 Å². The van der Waals surface area contributed by atoms with Crippen molar-refractivity contribution in [2.45, 2.75) is 62.3 Å². The van der Waals surface area contributed by atoms with Crippen LogP contribution in [0.15, 0.2) is 23.1 Å². The minimum atomic E-state index is -3.44. The number of nitrogens with one attached hydrogen (secondary N) is 2. The minimum Gasteiger partial charge on any atom is -0.385 e. The van der Waals surface area contributed by atoms with Crippen molar-refractivity contribution in [2.75, 3.05) is 11.9 Å². The van der Waals surface area contributed by atoms with Crippen LogP contribution in [-0.2, 0) is 16.4 Å². The van der Waals surface area contributed by atoms with E-state index in [1.165, 1.54) is 12.0 Å². The highest BCUT2D eigenvalue weighted by atomic mass is 32.2. The Labute approximate surface area is 127 Å². The highest BCUT2D eigenvalue weighted by molar-refractivity contribution is 7.89. The summed E-state index contributed by atoms with van der Waals surface area (Å²) in [6.45, 7) is 2.95. The summed E-state index contributed by atoms with van der Waals surface area (Å²) < 4.78 is 28.2. The summed E-state index contributed by atoms with van der Waals surface area (Å²) in [6, 6.07) is 5.46. The molecule has 2 aliphatic rings. The van der Waals surface area contributed by atoms with E-state index in [-0.39, 0.29) is 5.54 Å². The Morgan fingerprint density at radius 2 is 1.90 bits per heavy atom. The van der Waals surface area contributed by atoms with Crippen LogP contribution >= 0.6 is 0 Å². The molecule has 0 aromatic heterocycles. The van der Waals surface area contributed by atoms with Crippen molar-refractivity contribution in [1.29, 1.82) is 0 Å². The molecule has 1 aliphatic carbocycles. The summed E-state index contributed by atoms with van der Waals surface area (Å²) in [6.07, 6.45) is 7.39. The van der Waals surface area contributed by atoms with E-state index in [0.29, 0.717) is 4.90 Å². The average molecular weight is 308 g/mol. The highest BCUT2D eigenvalue weighted by Crippen LogP contribution is 2.30. The predicted molar refractivity (Wildman–Crippen MR) is 85.1 cm³/mol. The number of hydrogen-bond donors (Lipinski definition) is 2. The molecule has 0 atom stereocenters. The van der Waals surface area contributed by atoms with Crippen molar-refractivity contribution in [3.8, 4) is 0 Å². The molecule has 0 amide bonds. The standard InChI is InChI=1S/C16H24N2O2S/c1-16(9-3-2-4-10-16)18-21(19,20)14-8-7-13-6-5-11-17-15(13)12-14/h7-8,12,17-18H,2-6,9-11H2,1H3. The van der Waals surface area contributed by atoms with Crippen LogP contribution in [0.3, 0.4) is 0 Å². The average Bonchev–Trinajstić information content (AvgIpc) is 2.46. The largest absolute Gasteiger partial charge is 0.385 e. The van der Waals surface area contributed by atoms with E-state index in [1.807, 2.05) is 13.0 Å². The zero-order valence-corrected chi connectivity index (χ0v) is 13.4. The van der Waals surface area contributed by atoms with E-state index in [0.717, 1.165) is 50.8 Å². The quantitative estimate of drug-likeness (QED) is 0.902. The Kier molecular flexibility index (Phi) is 3.97. The van der Waals surface area contributed by atoms with Crippen LogP contribution in [0.4, 0.5) is 5.69 Å². The first-order valence-corrected chi connectivity index (χ1v) is 9.38. The summed E-state index contributed by atoms with van der Waals surface area (Å²) in [5.74, 6) is 0. The van der Waals surface area contributed by atoms with Gasteiger partial charge in [-0.2, -0.15) is 0 Å². The van der Waals surface area contributed by atoms with Crippen molar-refractivity contribution >= 4 is 15.7 Å². The van der Waals surface area contributed by atoms with Crippen LogP contribution < -0.4 is 10.0 Å². The second kappa shape index (κ2) is 5.61. The van der Waals surface area contributed by atoms with E-state index in [9.17, 15) is 8.42 Å². The number of hydrogen-bond acceptors (Lipinski definition) is 3. The molecule has 1 heterocycles. The first kappa shape index (κ1) is 14.9. The third kappa shape index (κ3) is 3.24. The predicted octanol–water partition coefficient (Wildman–Crippen LogP) is 3.05. The Bertz CT molecular complexity index is 619. The molecule has 0 spiro atoms. The van der Waals surface area contributed by atoms with E-state index in [1.54, 1.807) is 12.1 Å². The number of sulfonamides is 1. The maximum absolute atomic E-state index is 12.7. The van der Waals surface area contributed by atoms with Gasteiger partial charge in [0, 0.05) is 17.8 Å². The molecule has 0 bridgehead atoms. The second-order valence-corrected chi connectivity index (χ2v) is 8.26. The lowest BCUT2D eigenvalue weighted by Gasteiger charge is -2.34. The molecule has 0 unspecified atom stereocenters. The fourth-order valence-corrected chi connectivity index (χ4v) is 4.92. The molecule has 1 saturated carbocycles. The molecule has 5 heteroatoms. The van der Waals surface area contributed by atoms with E-state index < -0.39 is 10.0 Å². The molecule has 21 heavy (non-hydrogen) atoms. The topological polar surface area (TPSA) is 58.2 Å². The molecule has 1 aromatic rings. The summed E-state index contributed by atoms with van der Waals surface area (Å²) in [4.78, 5) is 0.377. The van der Waals surface area contributed by atoms with Crippen LogP contribution in [0, 0.1) is 0 Å². The van der Waals surface area contributed by atoms with Gasteiger partial charge in [-0.3, -0.25) is 0 Å². The summed E-state index contributed by atoms with van der Waals surface area (Å²) in [5.41, 5.74) is 1.89. The van der Waals surface area contributed by atoms with Crippen LogP contribution in [-0.4, -0.2) is 20.5 Å². The van der Waals surface area contributed by atoms with Gasteiger partial charge in [0.15, 0.2) is 0 Å². The maximum atomic E-state index is 12.7. The van der Waals surface area contributed by atoms with Gasteiger partial charge in [0.1, 0.15) is 0 Å². The van der Waals surface area contributed by atoms with Gasteiger partial charge in [-0.1, -0.05) is 25.3 Å². The number of benzene rings is 1. The van der Waals surface area contributed by atoms with Gasteiger partial charge in [0.05, 0.1) is 4.90 Å². The van der Waals surface area contributed by atoms with Crippen LogP contribution in [0.1, 0.15) is 51.0 Å². The third-order valence-electron chi connectivity index (χ3n) is 4.67. The molecule has 1 aromatic carbocycles. The molecular formula is C16H24N2O2S. The monoisotopic (exact) mass is 308 g/mol. The number of anilines is 1. The highest BCUT2D eigenvalue weighted by Gasteiger charge is 2.32. The SMILES string of the molecule is CC1(NS(=O)(=O)c2ccc3c(c2)NCCC3)CCCCC1. The third-order valence-corrected chi connectivity index (χ3v) is 6.30. The lowest BCUT2D eigenvalue weighted by molar-refractivity contribution is 0.294. The molecule has 2 N–H and O–H groups in total. The lowest BCUT2D eigenvalue weighted by Crippen LogP contribution is -2.47. The van der Waals surface area contributed by atoms with E-state index in [2.05, 4.69) is 10.0 Å². The Morgan fingerprint density at radius 3 is 2.67 bits per heavy atom. The van der Waals surface area contributed by atoms with Crippen molar-refractivity contribution < 1.29 is 8.42 Å². The molecule has 0 radical (unpaired) electrons. The Balaban J connectivity index is 1.84. The van der Waals surface area contributed by atoms with Crippen molar-refractivity contribution in [2.24, 2.45) is 0 Å². The zero-order chi connectivity index (χ0) is 14.9. The normalized spacial score (nSPS) is 21.4. The summed E-state index contributed by atoms with van der Waals surface area (Å²) in [7, 11) is -3.44. The molecule has 0 saturated heterocycles.